The van der Waals surface area contributed by atoms with Crippen LogP contribution < -0.4 is 10.5 Å². The standard InChI is InChI=1S/C14H13N3O/c1-10-4-5-12(16)14(7-10)18-9-11-3-2-6-17-13(11)8-15/h2-7H,9,16H2,1H3. The van der Waals surface area contributed by atoms with Gasteiger partial charge in [0, 0.05) is 11.8 Å². The molecule has 0 aliphatic heterocycles. The summed E-state index contributed by atoms with van der Waals surface area (Å²) in [5.41, 5.74) is 8.61. The molecule has 18 heavy (non-hydrogen) atoms. The molecule has 90 valence electrons. The van der Waals surface area contributed by atoms with Crippen molar-refractivity contribution in [3.05, 3.63) is 53.3 Å². The monoisotopic (exact) mass is 239 g/mol. The van der Waals surface area contributed by atoms with Crippen LogP contribution in [0.2, 0.25) is 0 Å². The Balaban J connectivity index is 2.17. The summed E-state index contributed by atoms with van der Waals surface area (Å²) < 4.78 is 5.63. The van der Waals surface area contributed by atoms with E-state index in [1.807, 2.05) is 31.2 Å². The van der Waals surface area contributed by atoms with E-state index in [4.69, 9.17) is 15.7 Å². The molecule has 0 saturated carbocycles. The summed E-state index contributed by atoms with van der Waals surface area (Å²) in [6.45, 7) is 2.25. The number of aromatic nitrogens is 1. The molecule has 0 radical (unpaired) electrons. The molecule has 4 heteroatoms. The number of nitrogen functional groups attached to an aromatic ring is 1. The Labute approximate surface area is 106 Å². The minimum atomic E-state index is 0.282. The van der Waals surface area contributed by atoms with Gasteiger partial charge >= 0.3 is 0 Å². The van der Waals surface area contributed by atoms with Gasteiger partial charge in [-0.2, -0.15) is 5.26 Å². The molecular formula is C14H13N3O. The van der Waals surface area contributed by atoms with Crippen LogP contribution in [0.3, 0.4) is 0 Å². The maximum atomic E-state index is 8.92. The molecule has 2 N–H and O–H groups in total. The van der Waals surface area contributed by atoms with Gasteiger partial charge < -0.3 is 10.5 Å². The zero-order valence-corrected chi connectivity index (χ0v) is 10.1. The van der Waals surface area contributed by atoms with Crippen LogP contribution in [0.1, 0.15) is 16.8 Å². The van der Waals surface area contributed by atoms with Gasteiger partial charge in [-0.25, -0.2) is 4.98 Å². The van der Waals surface area contributed by atoms with Gasteiger partial charge in [-0.1, -0.05) is 12.1 Å². The highest BCUT2D eigenvalue weighted by Crippen LogP contribution is 2.23. The van der Waals surface area contributed by atoms with E-state index in [1.165, 1.54) is 0 Å². The number of ether oxygens (including phenoxy) is 1. The Morgan fingerprint density at radius 1 is 1.39 bits per heavy atom. The molecule has 0 fully saturated rings. The lowest BCUT2D eigenvalue weighted by Gasteiger charge is -2.10. The van der Waals surface area contributed by atoms with Crippen molar-refractivity contribution in [1.29, 1.82) is 5.26 Å². The Morgan fingerprint density at radius 3 is 3.00 bits per heavy atom. The fourth-order valence-electron chi connectivity index (χ4n) is 1.58. The molecule has 0 amide bonds. The van der Waals surface area contributed by atoms with Gasteiger partial charge in [0.25, 0.3) is 0 Å². The number of nitrogens with zero attached hydrogens (tertiary/aromatic N) is 2. The second-order valence-corrected chi connectivity index (χ2v) is 3.95. The van der Waals surface area contributed by atoms with Crippen molar-refractivity contribution in [2.24, 2.45) is 0 Å². The van der Waals surface area contributed by atoms with Crippen LogP contribution in [-0.2, 0) is 6.61 Å². The van der Waals surface area contributed by atoms with E-state index in [1.54, 1.807) is 18.3 Å². The van der Waals surface area contributed by atoms with Crippen molar-refractivity contribution >= 4 is 5.69 Å². The van der Waals surface area contributed by atoms with Gasteiger partial charge in [-0.05, 0) is 30.7 Å². The van der Waals surface area contributed by atoms with Crippen molar-refractivity contribution in [2.75, 3.05) is 5.73 Å². The first kappa shape index (κ1) is 11.9. The maximum absolute atomic E-state index is 8.92. The average molecular weight is 239 g/mol. The Kier molecular flexibility index (Phi) is 3.44. The first-order valence-corrected chi connectivity index (χ1v) is 5.53. The molecule has 2 aromatic rings. The van der Waals surface area contributed by atoms with Crippen molar-refractivity contribution in [3.63, 3.8) is 0 Å². The summed E-state index contributed by atoms with van der Waals surface area (Å²) in [4.78, 5) is 3.98. The molecule has 2 rings (SSSR count). The van der Waals surface area contributed by atoms with Crippen LogP contribution in [0, 0.1) is 18.3 Å². The maximum Gasteiger partial charge on any atom is 0.147 e. The summed E-state index contributed by atoms with van der Waals surface area (Å²) in [7, 11) is 0. The molecule has 1 aromatic heterocycles. The van der Waals surface area contributed by atoms with Gasteiger partial charge in [-0.3, -0.25) is 0 Å². The molecule has 0 unspecified atom stereocenters. The van der Waals surface area contributed by atoms with E-state index in [0.717, 1.165) is 11.1 Å². The Morgan fingerprint density at radius 2 is 2.22 bits per heavy atom. The van der Waals surface area contributed by atoms with Crippen LogP contribution >= 0.6 is 0 Å². The number of rotatable bonds is 3. The summed E-state index contributed by atoms with van der Waals surface area (Å²) in [6, 6.07) is 11.2. The van der Waals surface area contributed by atoms with Crippen molar-refractivity contribution < 1.29 is 4.74 Å². The minimum absolute atomic E-state index is 0.282. The quantitative estimate of drug-likeness (QED) is 0.835. The minimum Gasteiger partial charge on any atom is -0.487 e. The highest BCUT2D eigenvalue weighted by atomic mass is 16.5. The molecular weight excluding hydrogens is 226 g/mol. The van der Waals surface area contributed by atoms with Crippen LogP contribution in [0.25, 0.3) is 0 Å². The lowest BCUT2D eigenvalue weighted by atomic mass is 10.2. The third-order valence-electron chi connectivity index (χ3n) is 2.55. The first-order valence-electron chi connectivity index (χ1n) is 5.53. The fourth-order valence-corrected chi connectivity index (χ4v) is 1.58. The Hall–Kier alpha value is -2.54. The second kappa shape index (κ2) is 5.19. The number of benzene rings is 1. The summed E-state index contributed by atoms with van der Waals surface area (Å²) in [6.07, 6.45) is 1.59. The highest BCUT2D eigenvalue weighted by Gasteiger charge is 2.05. The van der Waals surface area contributed by atoms with Gasteiger partial charge in [-0.15, -0.1) is 0 Å². The molecule has 0 bridgehead atoms. The Bertz CT molecular complexity index is 602. The summed E-state index contributed by atoms with van der Waals surface area (Å²) in [5, 5.41) is 8.92. The van der Waals surface area contributed by atoms with E-state index in [9.17, 15) is 0 Å². The molecule has 4 nitrogen and oxygen atoms in total. The topological polar surface area (TPSA) is 71.9 Å². The van der Waals surface area contributed by atoms with Crippen LogP contribution in [0.5, 0.6) is 5.75 Å². The number of pyridine rings is 1. The molecule has 0 atom stereocenters. The second-order valence-electron chi connectivity index (χ2n) is 3.95. The van der Waals surface area contributed by atoms with Gasteiger partial charge in [0.05, 0.1) is 5.69 Å². The van der Waals surface area contributed by atoms with Crippen molar-refractivity contribution in [3.8, 4) is 11.8 Å². The third-order valence-corrected chi connectivity index (χ3v) is 2.55. The van der Waals surface area contributed by atoms with Gasteiger partial charge in [0.1, 0.15) is 24.1 Å². The number of hydrogen-bond acceptors (Lipinski definition) is 4. The van der Waals surface area contributed by atoms with Crippen LogP contribution in [0.4, 0.5) is 5.69 Å². The van der Waals surface area contributed by atoms with Gasteiger partial charge in [0.2, 0.25) is 0 Å². The summed E-state index contributed by atoms with van der Waals surface area (Å²) in [5.74, 6) is 0.628. The SMILES string of the molecule is Cc1ccc(N)c(OCc2cccnc2C#N)c1. The third kappa shape index (κ3) is 2.58. The van der Waals surface area contributed by atoms with E-state index in [-0.39, 0.29) is 6.61 Å². The predicted molar refractivity (Wildman–Crippen MR) is 68.9 cm³/mol. The highest BCUT2D eigenvalue weighted by molar-refractivity contribution is 5.53. The van der Waals surface area contributed by atoms with E-state index >= 15 is 0 Å². The average Bonchev–Trinajstić information content (AvgIpc) is 2.40. The smallest absolute Gasteiger partial charge is 0.147 e. The first-order chi connectivity index (χ1) is 8.70. The van der Waals surface area contributed by atoms with E-state index in [0.29, 0.717) is 17.1 Å². The molecule has 1 heterocycles. The number of nitriles is 1. The van der Waals surface area contributed by atoms with Crippen molar-refractivity contribution in [1.82, 2.24) is 4.98 Å². The molecule has 0 spiro atoms. The fraction of sp³-hybridized carbons (Fsp3) is 0.143. The zero-order chi connectivity index (χ0) is 13.0. The number of anilines is 1. The van der Waals surface area contributed by atoms with E-state index in [2.05, 4.69) is 4.98 Å². The predicted octanol–water partition coefficient (Wildman–Crippen LogP) is 2.42. The summed E-state index contributed by atoms with van der Waals surface area (Å²) >= 11 is 0. The lowest BCUT2D eigenvalue weighted by Crippen LogP contribution is -2.02. The largest absolute Gasteiger partial charge is 0.487 e. The molecule has 0 aliphatic carbocycles. The number of aryl methyl sites for hydroxylation is 1. The normalized spacial score (nSPS) is 9.78. The molecule has 0 aliphatic rings. The van der Waals surface area contributed by atoms with Crippen LogP contribution in [-0.4, -0.2) is 4.98 Å². The zero-order valence-electron chi connectivity index (χ0n) is 10.1. The number of hydrogen-bond donors (Lipinski definition) is 1. The number of nitrogens with two attached hydrogens (primary N) is 1. The lowest BCUT2D eigenvalue weighted by molar-refractivity contribution is 0.307. The van der Waals surface area contributed by atoms with Gasteiger partial charge in [0.15, 0.2) is 0 Å². The van der Waals surface area contributed by atoms with Crippen LogP contribution in [0.15, 0.2) is 36.5 Å². The van der Waals surface area contributed by atoms with Crippen molar-refractivity contribution in [2.45, 2.75) is 13.5 Å². The molecule has 0 saturated heterocycles. The molecule has 1 aromatic carbocycles. The van der Waals surface area contributed by atoms with E-state index < -0.39 is 0 Å².